The van der Waals surface area contributed by atoms with Gasteiger partial charge in [-0.05, 0) is 19.1 Å². The predicted molar refractivity (Wildman–Crippen MR) is 67.7 cm³/mol. The van der Waals surface area contributed by atoms with E-state index >= 15 is 0 Å². The van der Waals surface area contributed by atoms with Crippen LogP contribution in [0.3, 0.4) is 0 Å². The quantitative estimate of drug-likeness (QED) is 0.738. The molecule has 0 aromatic carbocycles. The second-order valence-corrected chi connectivity index (χ2v) is 3.92. The number of nitrogens with zero attached hydrogens (tertiary/aromatic N) is 5. The molecule has 0 aliphatic carbocycles. The van der Waals surface area contributed by atoms with Crippen LogP contribution in [0.1, 0.15) is 5.82 Å². The van der Waals surface area contributed by atoms with Gasteiger partial charge in [0.15, 0.2) is 0 Å². The Morgan fingerprint density at radius 1 is 1.21 bits per heavy atom. The number of nitrogen functional groups attached to an aromatic ring is 1. The molecule has 0 aliphatic heterocycles. The fourth-order valence-electron chi connectivity index (χ4n) is 1.60. The van der Waals surface area contributed by atoms with Gasteiger partial charge in [-0.25, -0.2) is 9.97 Å². The molecule has 7 nitrogen and oxygen atoms in total. The van der Waals surface area contributed by atoms with Gasteiger partial charge in [0.25, 0.3) is 5.89 Å². The Balaban J connectivity index is 2.00. The van der Waals surface area contributed by atoms with Gasteiger partial charge >= 0.3 is 0 Å². The molecule has 0 atom stereocenters. The van der Waals surface area contributed by atoms with Crippen LogP contribution < -0.4 is 5.73 Å². The monoisotopic (exact) mass is 254 g/mol. The van der Waals surface area contributed by atoms with Crippen molar-refractivity contribution in [2.45, 2.75) is 6.92 Å². The van der Waals surface area contributed by atoms with Gasteiger partial charge in [0.2, 0.25) is 5.82 Å². The third-order valence-electron chi connectivity index (χ3n) is 2.44. The van der Waals surface area contributed by atoms with Crippen molar-refractivity contribution in [3.63, 3.8) is 0 Å². The summed E-state index contributed by atoms with van der Waals surface area (Å²) in [6.07, 6.45) is 4.81. The van der Waals surface area contributed by atoms with E-state index in [9.17, 15) is 0 Å². The number of anilines is 1. The molecule has 2 N–H and O–H groups in total. The molecule has 0 radical (unpaired) electrons. The number of rotatable bonds is 2. The zero-order valence-electron chi connectivity index (χ0n) is 10.1. The Hall–Kier alpha value is -2.83. The van der Waals surface area contributed by atoms with Crippen LogP contribution in [0.25, 0.3) is 23.0 Å². The van der Waals surface area contributed by atoms with Crippen molar-refractivity contribution < 1.29 is 4.52 Å². The van der Waals surface area contributed by atoms with Crippen LogP contribution >= 0.6 is 0 Å². The molecule has 0 bridgehead atoms. The van der Waals surface area contributed by atoms with E-state index in [4.69, 9.17) is 10.3 Å². The number of aromatic nitrogens is 5. The first-order chi connectivity index (χ1) is 9.22. The first-order valence-corrected chi connectivity index (χ1v) is 5.57. The molecular formula is C12H10N6O. The number of aryl methyl sites for hydroxylation is 1. The number of hydrogen-bond acceptors (Lipinski definition) is 7. The minimum atomic E-state index is 0.353. The SMILES string of the molecule is Cc1nccc(-c2noc(-c3cncc(N)c3)n2)n1. The molecule has 0 saturated carbocycles. The van der Waals surface area contributed by atoms with Crippen LogP contribution in [0, 0.1) is 6.92 Å². The van der Waals surface area contributed by atoms with E-state index in [0.29, 0.717) is 34.5 Å². The molecule has 0 fully saturated rings. The van der Waals surface area contributed by atoms with Crippen molar-refractivity contribution >= 4 is 5.69 Å². The van der Waals surface area contributed by atoms with Crippen LogP contribution in [0.15, 0.2) is 35.2 Å². The Labute approximate surface area is 108 Å². The Morgan fingerprint density at radius 2 is 2.11 bits per heavy atom. The van der Waals surface area contributed by atoms with Gasteiger partial charge in [0.05, 0.1) is 11.3 Å². The summed E-state index contributed by atoms with van der Waals surface area (Å²) < 4.78 is 5.18. The number of nitrogens with two attached hydrogens (primary N) is 1. The molecule has 0 aliphatic rings. The van der Waals surface area contributed by atoms with E-state index in [0.717, 1.165) is 0 Å². The van der Waals surface area contributed by atoms with Gasteiger partial charge in [-0.1, -0.05) is 5.16 Å². The summed E-state index contributed by atoms with van der Waals surface area (Å²) in [5, 5.41) is 3.89. The fourth-order valence-corrected chi connectivity index (χ4v) is 1.60. The standard InChI is InChI=1S/C12H10N6O/c1-7-15-3-2-10(16-7)11-17-12(19-18-11)8-4-9(13)6-14-5-8/h2-6H,13H2,1H3. The highest BCUT2D eigenvalue weighted by Gasteiger charge is 2.12. The van der Waals surface area contributed by atoms with E-state index in [1.807, 2.05) is 0 Å². The van der Waals surface area contributed by atoms with E-state index in [2.05, 4.69) is 25.1 Å². The lowest BCUT2D eigenvalue weighted by Gasteiger charge is -1.95. The van der Waals surface area contributed by atoms with Crippen molar-refractivity contribution in [1.82, 2.24) is 25.1 Å². The lowest BCUT2D eigenvalue weighted by molar-refractivity contribution is 0.432. The maximum absolute atomic E-state index is 5.66. The number of hydrogen-bond donors (Lipinski definition) is 1. The Bertz CT molecular complexity index is 663. The van der Waals surface area contributed by atoms with Gasteiger partial charge in [-0.3, -0.25) is 4.98 Å². The molecule has 0 unspecified atom stereocenters. The van der Waals surface area contributed by atoms with Gasteiger partial charge in [-0.15, -0.1) is 0 Å². The third-order valence-corrected chi connectivity index (χ3v) is 2.44. The zero-order valence-corrected chi connectivity index (χ0v) is 10.1. The van der Waals surface area contributed by atoms with Crippen LogP contribution in [-0.4, -0.2) is 25.1 Å². The molecule has 3 aromatic heterocycles. The van der Waals surface area contributed by atoms with E-state index in [1.54, 1.807) is 37.6 Å². The first kappa shape index (κ1) is 11.3. The summed E-state index contributed by atoms with van der Waals surface area (Å²) in [6.45, 7) is 1.80. The first-order valence-electron chi connectivity index (χ1n) is 5.57. The van der Waals surface area contributed by atoms with Gasteiger partial charge < -0.3 is 10.3 Å². The van der Waals surface area contributed by atoms with E-state index < -0.39 is 0 Å². The molecule has 7 heteroatoms. The van der Waals surface area contributed by atoms with E-state index in [1.165, 1.54) is 0 Å². The summed E-state index contributed by atoms with van der Waals surface area (Å²) >= 11 is 0. The van der Waals surface area contributed by atoms with Gasteiger partial charge in [0.1, 0.15) is 11.5 Å². The van der Waals surface area contributed by atoms with Gasteiger partial charge in [-0.2, -0.15) is 4.98 Å². The lowest BCUT2D eigenvalue weighted by Crippen LogP contribution is -1.91. The molecule has 3 aromatic rings. The average molecular weight is 254 g/mol. The smallest absolute Gasteiger partial charge is 0.259 e. The highest BCUT2D eigenvalue weighted by atomic mass is 16.5. The molecule has 19 heavy (non-hydrogen) atoms. The largest absolute Gasteiger partial charge is 0.397 e. The fraction of sp³-hybridized carbons (Fsp3) is 0.0833. The number of pyridine rings is 1. The van der Waals surface area contributed by atoms with Crippen LogP contribution in [0.5, 0.6) is 0 Å². The minimum absolute atomic E-state index is 0.353. The van der Waals surface area contributed by atoms with Crippen molar-refractivity contribution in [1.29, 1.82) is 0 Å². The maximum Gasteiger partial charge on any atom is 0.259 e. The lowest BCUT2D eigenvalue weighted by atomic mass is 10.2. The second kappa shape index (κ2) is 4.45. The molecule has 3 heterocycles. The highest BCUT2D eigenvalue weighted by molar-refractivity contribution is 5.59. The zero-order chi connectivity index (χ0) is 13.2. The Kier molecular flexibility index (Phi) is 2.64. The second-order valence-electron chi connectivity index (χ2n) is 3.92. The van der Waals surface area contributed by atoms with Crippen LogP contribution in [0.4, 0.5) is 5.69 Å². The minimum Gasteiger partial charge on any atom is -0.397 e. The highest BCUT2D eigenvalue weighted by Crippen LogP contribution is 2.21. The molecule has 94 valence electrons. The molecule has 3 rings (SSSR count). The molecule has 0 saturated heterocycles. The molecule has 0 amide bonds. The summed E-state index contributed by atoms with van der Waals surface area (Å²) in [6, 6.07) is 3.44. The molecule has 0 spiro atoms. The van der Waals surface area contributed by atoms with Crippen molar-refractivity contribution in [3.05, 3.63) is 36.5 Å². The summed E-state index contributed by atoms with van der Waals surface area (Å²) in [7, 11) is 0. The maximum atomic E-state index is 5.66. The van der Waals surface area contributed by atoms with Crippen molar-refractivity contribution in [3.8, 4) is 23.0 Å². The van der Waals surface area contributed by atoms with Crippen molar-refractivity contribution in [2.24, 2.45) is 0 Å². The van der Waals surface area contributed by atoms with E-state index in [-0.39, 0.29) is 0 Å². The summed E-state index contributed by atoms with van der Waals surface area (Å²) in [5.74, 6) is 1.41. The van der Waals surface area contributed by atoms with Crippen LogP contribution in [-0.2, 0) is 0 Å². The summed E-state index contributed by atoms with van der Waals surface area (Å²) in [5.41, 5.74) is 7.48. The molecular weight excluding hydrogens is 244 g/mol. The Morgan fingerprint density at radius 3 is 2.89 bits per heavy atom. The van der Waals surface area contributed by atoms with Crippen LogP contribution in [0.2, 0.25) is 0 Å². The van der Waals surface area contributed by atoms with Gasteiger partial charge in [0, 0.05) is 18.6 Å². The third kappa shape index (κ3) is 2.25. The topological polar surface area (TPSA) is 104 Å². The summed E-state index contributed by atoms with van der Waals surface area (Å²) in [4.78, 5) is 16.5. The normalized spacial score (nSPS) is 10.6. The average Bonchev–Trinajstić information content (AvgIpc) is 2.88. The van der Waals surface area contributed by atoms with Crippen molar-refractivity contribution in [2.75, 3.05) is 5.73 Å². The predicted octanol–water partition coefficient (Wildman–Crippen LogP) is 1.48.